The van der Waals surface area contributed by atoms with Gasteiger partial charge < -0.3 is 4.74 Å². The van der Waals surface area contributed by atoms with Gasteiger partial charge in [-0.1, -0.05) is 37.3 Å². The number of ether oxygens (including phenoxy) is 1. The van der Waals surface area contributed by atoms with Crippen molar-refractivity contribution in [2.75, 3.05) is 13.2 Å². The van der Waals surface area contributed by atoms with E-state index in [1.807, 2.05) is 0 Å². The Bertz CT molecular complexity index is 510. The molecule has 0 N–H and O–H groups in total. The minimum absolute atomic E-state index is 0.113. The molecule has 0 saturated carbocycles. The van der Waals surface area contributed by atoms with E-state index in [1.54, 1.807) is 0 Å². The molecule has 3 atom stereocenters. The van der Waals surface area contributed by atoms with Gasteiger partial charge >= 0.3 is 0 Å². The number of nitrogens with zero attached hydrogens (tertiary/aromatic N) is 1. The van der Waals surface area contributed by atoms with Gasteiger partial charge in [0, 0.05) is 18.8 Å². The SMILES string of the molecule is CCOC12CCCCC[N+]1=CC(CC)CC2c1ccccc1. The summed E-state index contributed by atoms with van der Waals surface area (Å²) in [7, 11) is 0. The molecule has 2 heteroatoms. The number of rotatable bonds is 4. The summed E-state index contributed by atoms with van der Waals surface area (Å²) >= 11 is 0. The van der Waals surface area contributed by atoms with Gasteiger partial charge in [-0.05, 0) is 38.2 Å². The summed E-state index contributed by atoms with van der Waals surface area (Å²) in [5.41, 5.74) is 1.34. The standard InChI is InChI=1S/C20H30NO/c1-3-17-15-19(18-11-7-5-8-12-18)20(22-4-2)13-9-6-10-14-21(20)16-17/h5,7-8,11-12,16-17,19H,3-4,6,9-10,13-15H2,1-2H3/q+1. The molecule has 0 aromatic heterocycles. The molecule has 2 aliphatic heterocycles. The van der Waals surface area contributed by atoms with E-state index in [0.29, 0.717) is 11.8 Å². The summed E-state index contributed by atoms with van der Waals surface area (Å²) in [6.45, 7) is 6.41. The first-order chi connectivity index (χ1) is 10.8. The van der Waals surface area contributed by atoms with E-state index in [-0.39, 0.29) is 5.72 Å². The normalized spacial score (nSPS) is 32.0. The van der Waals surface area contributed by atoms with Crippen LogP contribution >= 0.6 is 0 Å². The molecule has 0 bridgehead atoms. The maximum absolute atomic E-state index is 6.51. The molecule has 2 aliphatic rings. The van der Waals surface area contributed by atoms with Crippen LogP contribution in [0, 0.1) is 5.92 Å². The summed E-state index contributed by atoms with van der Waals surface area (Å²) in [6.07, 6.45) is 10.0. The maximum Gasteiger partial charge on any atom is 0.273 e. The molecule has 0 spiro atoms. The Balaban J connectivity index is 2.06. The summed E-state index contributed by atoms with van der Waals surface area (Å²) in [4.78, 5) is 0. The summed E-state index contributed by atoms with van der Waals surface area (Å²) in [5, 5.41) is 0. The molecule has 22 heavy (non-hydrogen) atoms. The Morgan fingerprint density at radius 2 is 1.95 bits per heavy atom. The van der Waals surface area contributed by atoms with E-state index >= 15 is 0 Å². The van der Waals surface area contributed by atoms with Gasteiger partial charge in [-0.3, -0.25) is 0 Å². The van der Waals surface area contributed by atoms with Gasteiger partial charge in [0.2, 0.25) is 0 Å². The Kier molecular flexibility index (Phi) is 4.97. The fourth-order valence-electron chi connectivity index (χ4n) is 4.41. The Labute approximate surface area is 135 Å². The van der Waals surface area contributed by atoms with Crippen LogP contribution in [0.1, 0.15) is 63.9 Å². The molecular formula is C20H30NO+. The molecule has 0 radical (unpaired) electrons. The van der Waals surface area contributed by atoms with Crippen molar-refractivity contribution in [3.05, 3.63) is 35.9 Å². The second-order valence-corrected chi connectivity index (χ2v) is 6.80. The third kappa shape index (κ3) is 2.86. The largest absolute Gasteiger partial charge is 0.319 e. The average molecular weight is 300 g/mol. The van der Waals surface area contributed by atoms with Crippen molar-refractivity contribution in [2.24, 2.45) is 5.92 Å². The number of hydrogen-bond donors (Lipinski definition) is 0. The van der Waals surface area contributed by atoms with Crippen LogP contribution < -0.4 is 0 Å². The van der Waals surface area contributed by atoms with Crippen LogP contribution in [0.25, 0.3) is 0 Å². The zero-order valence-corrected chi connectivity index (χ0v) is 14.1. The van der Waals surface area contributed by atoms with Crippen LogP contribution in [-0.2, 0) is 4.74 Å². The summed E-state index contributed by atoms with van der Waals surface area (Å²) in [5.74, 6) is 1.17. The second kappa shape index (κ2) is 6.95. The highest BCUT2D eigenvalue weighted by molar-refractivity contribution is 5.57. The minimum Gasteiger partial charge on any atom is -0.319 e. The van der Waals surface area contributed by atoms with Crippen LogP contribution in [0.2, 0.25) is 0 Å². The van der Waals surface area contributed by atoms with Gasteiger partial charge in [0.15, 0.2) is 0 Å². The van der Waals surface area contributed by atoms with Crippen molar-refractivity contribution < 1.29 is 9.31 Å². The van der Waals surface area contributed by atoms with E-state index in [0.717, 1.165) is 19.6 Å². The Hall–Kier alpha value is -1.15. The number of benzene rings is 1. The van der Waals surface area contributed by atoms with Crippen molar-refractivity contribution in [1.29, 1.82) is 0 Å². The van der Waals surface area contributed by atoms with Crippen LogP contribution in [0.3, 0.4) is 0 Å². The highest BCUT2D eigenvalue weighted by Gasteiger charge is 2.53. The van der Waals surface area contributed by atoms with Crippen LogP contribution in [-0.4, -0.2) is 29.7 Å². The number of fused-ring (bicyclic) bond motifs is 1. The lowest BCUT2D eigenvalue weighted by molar-refractivity contribution is -0.669. The molecule has 3 rings (SSSR count). The van der Waals surface area contributed by atoms with Gasteiger partial charge in [0.05, 0.1) is 12.5 Å². The molecule has 0 aliphatic carbocycles. The first kappa shape index (κ1) is 15.7. The lowest BCUT2D eigenvalue weighted by atomic mass is 9.76. The van der Waals surface area contributed by atoms with Crippen LogP contribution in [0.15, 0.2) is 30.3 Å². The van der Waals surface area contributed by atoms with Crippen molar-refractivity contribution in [1.82, 2.24) is 0 Å². The third-order valence-corrected chi connectivity index (χ3v) is 5.51. The highest BCUT2D eigenvalue weighted by Crippen LogP contribution is 2.45. The lowest BCUT2D eigenvalue weighted by Crippen LogP contribution is -2.54. The van der Waals surface area contributed by atoms with Gasteiger partial charge in [0.1, 0.15) is 12.8 Å². The quantitative estimate of drug-likeness (QED) is 0.741. The first-order valence-corrected chi connectivity index (χ1v) is 9.10. The van der Waals surface area contributed by atoms with Gasteiger partial charge in [0.25, 0.3) is 5.72 Å². The molecule has 2 nitrogen and oxygen atoms in total. The predicted molar refractivity (Wildman–Crippen MR) is 91.6 cm³/mol. The monoisotopic (exact) mass is 300 g/mol. The van der Waals surface area contributed by atoms with Crippen molar-refractivity contribution in [2.45, 2.75) is 64.0 Å². The average Bonchev–Trinajstić information content (AvgIpc) is 2.77. The topological polar surface area (TPSA) is 12.2 Å². The van der Waals surface area contributed by atoms with E-state index < -0.39 is 0 Å². The molecule has 3 unspecified atom stereocenters. The van der Waals surface area contributed by atoms with Crippen molar-refractivity contribution in [3.8, 4) is 0 Å². The van der Waals surface area contributed by atoms with Gasteiger partial charge in [-0.15, -0.1) is 0 Å². The zero-order valence-electron chi connectivity index (χ0n) is 14.1. The highest BCUT2D eigenvalue weighted by atomic mass is 16.5. The molecule has 120 valence electrons. The zero-order chi connectivity index (χ0) is 15.4. The fourth-order valence-corrected chi connectivity index (χ4v) is 4.41. The molecule has 1 fully saturated rings. The molecule has 1 aromatic carbocycles. The van der Waals surface area contributed by atoms with Gasteiger partial charge in [-0.25, -0.2) is 4.58 Å². The molecule has 1 aromatic rings. The van der Waals surface area contributed by atoms with Crippen molar-refractivity contribution in [3.63, 3.8) is 0 Å². The minimum atomic E-state index is -0.113. The second-order valence-electron chi connectivity index (χ2n) is 6.80. The van der Waals surface area contributed by atoms with E-state index in [1.165, 1.54) is 37.7 Å². The lowest BCUT2D eigenvalue weighted by Gasteiger charge is -2.41. The molecule has 0 amide bonds. The number of hydrogen-bond acceptors (Lipinski definition) is 1. The van der Waals surface area contributed by atoms with E-state index in [2.05, 4.69) is 55.0 Å². The van der Waals surface area contributed by atoms with Gasteiger partial charge in [-0.2, -0.15) is 0 Å². The fraction of sp³-hybridized carbons (Fsp3) is 0.650. The Morgan fingerprint density at radius 1 is 1.14 bits per heavy atom. The summed E-state index contributed by atoms with van der Waals surface area (Å²) < 4.78 is 9.09. The van der Waals surface area contributed by atoms with Crippen molar-refractivity contribution >= 4 is 6.21 Å². The van der Waals surface area contributed by atoms with E-state index in [4.69, 9.17) is 4.74 Å². The molecule has 2 heterocycles. The molecule has 1 saturated heterocycles. The van der Waals surface area contributed by atoms with E-state index in [9.17, 15) is 0 Å². The maximum atomic E-state index is 6.51. The van der Waals surface area contributed by atoms with Crippen LogP contribution in [0.5, 0.6) is 0 Å². The molecular weight excluding hydrogens is 270 g/mol. The predicted octanol–water partition coefficient (Wildman–Crippen LogP) is 4.59. The third-order valence-electron chi connectivity index (χ3n) is 5.51. The smallest absolute Gasteiger partial charge is 0.273 e. The first-order valence-electron chi connectivity index (χ1n) is 9.10. The van der Waals surface area contributed by atoms with Crippen LogP contribution in [0.4, 0.5) is 0 Å². The summed E-state index contributed by atoms with van der Waals surface area (Å²) in [6, 6.07) is 11.1. The Morgan fingerprint density at radius 3 is 2.68 bits per heavy atom.